The van der Waals surface area contributed by atoms with Crippen molar-refractivity contribution in [1.29, 1.82) is 0 Å². The quantitative estimate of drug-likeness (QED) is 0.612. The van der Waals surface area contributed by atoms with Crippen LogP contribution in [0.5, 0.6) is 0 Å². The summed E-state index contributed by atoms with van der Waals surface area (Å²) in [6.07, 6.45) is 5.34. The molecule has 3 aromatic rings. The second kappa shape index (κ2) is 8.14. The van der Waals surface area contributed by atoms with Crippen LogP contribution in [0.3, 0.4) is 0 Å². The molecule has 0 aliphatic carbocycles. The number of H-pyrrole nitrogens is 1. The maximum absolute atomic E-state index is 3.37. The molecule has 2 aromatic carbocycles. The minimum atomic E-state index is 0.947. The van der Waals surface area contributed by atoms with Crippen molar-refractivity contribution >= 4 is 26.8 Å². The molecular weight excluding hydrogens is 348 g/mol. The molecule has 23 heavy (non-hydrogen) atoms. The minimum absolute atomic E-state index is 0.947. The summed E-state index contributed by atoms with van der Waals surface area (Å²) in [5.41, 5.74) is 3.97. The zero-order chi connectivity index (χ0) is 15.9. The highest BCUT2D eigenvalue weighted by molar-refractivity contribution is 9.11. The summed E-state index contributed by atoms with van der Waals surface area (Å²) in [5, 5.41) is 1.34. The third-order valence-electron chi connectivity index (χ3n) is 4.07. The molecule has 0 spiro atoms. The van der Waals surface area contributed by atoms with Crippen LogP contribution < -0.4 is 0 Å². The van der Waals surface area contributed by atoms with E-state index in [0.29, 0.717) is 0 Å². The van der Waals surface area contributed by atoms with Gasteiger partial charge in [0.1, 0.15) is 0 Å². The van der Waals surface area contributed by atoms with Crippen molar-refractivity contribution < 1.29 is 0 Å². The van der Waals surface area contributed by atoms with E-state index >= 15 is 0 Å². The molecule has 1 heterocycles. The van der Waals surface area contributed by atoms with Crippen LogP contribution in [0.1, 0.15) is 11.1 Å². The Kier molecular flexibility index (Phi) is 5.67. The van der Waals surface area contributed by atoms with Gasteiger partial charge in [0.25, 0.3) is 0 Å². The Morgan fingerprint density at radius 1 is 1.00 bits per heavy atom. The van der Waals surface area contributed by atoms with E-state index in [1.54, 1.807) is 0 Å². The highest BCUT2D eigenvalue weighted by Crippen LogP contribution is 2.18. The molecule has 0 radical (unpaired) electrons. The van der Waals surface area contributed by atoms with E-state index in [-0.39, 0.29) is 0 Å². The zero-order valence-corrected chi connectivity index (χ0v) is 14.7. The maximum atomic E-state index is 3.37. The van der Waals surface area contributed by atoms with Gasteiger partial charge in [0.2, 0.25) is 0 Å². The van der Waals surface area contributed by atoms with Crippen molar-refractivity contribution in [2.45, 2.75) is 13.0 Å². The number of aromatic amines is 1. The average Bonchev–Trinajstić information content (AvgIpc) is 3.01. The number of aromatic nitrogens is 1. The summed E-state index contributed by atoms with van der Waals surface area (Å²) in [5.74, 6) is 0. The standard InChI is InChI=1S/C20H21BrN2/c21-12-6-13-23(16-17-7-2-1-3-8-17)14-11-18-15-22-20-10-5-4-9-19(18)20/h1-10,12,15,22H,11,13-14,16H2. The van der Waals surface area contributed by atoms with Crippen molar-refractivity contribution in [2.75, 3.05) is 13.1 Å². The van der Waals surface area contributed by atoms with Gasteiger partial charge in [-0.25, -0.2) is 0 Å². The van der Waals surface area contributed by atoms with E-state index in [1.165, 1.54) is 22.0 Å². The monoisotopic (exact) mass is 368 g/mol. The summed E-state index contributed by atoms with van der Waals surface area (Å²) in [6.45, 7) is 2.96. The van der Waals surface area contributed by atoms with Gasteiger partial charge in [-0.05, 0) is 28.6 Å². The molecule has 0 unspecified atom stereocenters. The number of rotatable bonds is 7. The van der Waals surface area contributed by atoms with Gasteiger partial charge in [-0.2, -0.15) is 0 Å². The van der Waals surface area contributed by atoms with Crippen molar-refractivity contribution in [2.24, 2.45) is 0 Å². The van der Waals surface area contributed by atoms with Gasteiger partial charge in [0.05, 0.1) is 0 Å². The van der Waals surface area contributed by atoms with Gasteiger partial charge < -0.3 is 4.98 Å². The fourth-order valence-electron chi connectivity index (χ4n) is 2.88. The number of hydrogen-bond donors (Lipinski definition) is 1. The number of fused-ring (bicyclic) bond motifs is 1. The molecule has 1 N–H and O–H groups in total. The Labute approximate surface area is 146 Å². The van der Waals surface area contributed by atoms with Gasteiger partial charge in [-0.3, -0.25) is 4.90 Å². The summed E-state index contributed by atoms with van der Waals surface area (Å²) in [6, 6.07) is 19.2. The predicted molar refractivity (Wildman–Crippen MR) is 102 cm³/mol. The van der Waals surface area contributed by atoms with Gasteiger partial charge in [0, 0.05) is 36.7 Å². The topological polar surface area (TPSA) is 19.0 Å². The molecule has 0 fully saturated rings. The molecule has 0 saturated carbocycles. The first kappa shape index (κ1) is 16.0. The zero-order valence-electron chi connectivity index (χ0n) is 13.1. The molecular formula is C20H21BrN2. The van der Waals surface area contributed by atoms with Crippen LogP contribution in [0.2, 0.25) is 0 Å². The van der Waals surface area contributed by atoms with Crippen LogP contribution in [0.4, 0.5) is 0 Å². The van der Waals surface area contributed by atoms with Crippen molar-refractivity contribution in [3.63, 3.8) is 0 Å². The molecule has 3 heteroatoms. The largest absolute Gasteiger partial charge is 0.361 e. The lowest BCUT2D eigenvalue weighted by Gasteiger charge is -2.20. The molecule has 0 aliphatic rings. The normalized spacial score (nSPS) is 11.7. The lowest BCUT2D eigenvalue weighted by Crippen LogP contribution is -2.25. The molecule has 0 bridgehead atoms. The minimum Gasteiger partial charge on any atom is -0.361 e. The van der Waals surface area contributed by atoms with Crippen LogP contribution >= 0.6 is 15.9 Å². The second-order valence-electron chi connectivity index (χ2n) is 5.69. The number of nitrogens with one attached hydrogen (secondary N) is 1. The Balaban J connectivity index is 1.68. The van der Waals surface area contributed by atoms with Crippen LogP contribution in [-0.2, 0) is 13.0 Å². The van der Waals surface area contributed by atoms with E-state index in [4.69, 9.17) is 0 Å². The summed E-state index contributed by atoms with van der Waals surface area (Å²) in [7, 11) is 0. The Hall–Kier alpha value is -1.84. The molecule has 0 amide bonds. The molecule has 2 nitrogen and oxygen atoms in total. The Morgan fingerprint density at radius 2 is 1.78 bits per heavy atom. The van der Waals surface area contributed by atoms with Gasteiger partial charge in [-0.15, -0.1) is 0 Å². The van der Waals surface area contributed by atoms with Gasteiger partial charge >= 0.3 is 0 Å². The third-order valence-corrected chi connectivity index (χ3v) is 4.45. The Bertz CT molecular complexity index is 761. The molecule has 118 valence electrons. The number of hydrogen-bond acceptors (Lipinski definition) is 1. The van der Waals surface area contributed by atoms with Crippen molar-refractivity contribution in [3.8, 4) is 0 Å². The smallest absolute Gasteiger partial charge is 0.0456 e. The van der Waals surface area contributed by atoms with Crippen molar-refractivity contribution in [3.05, 3.63) is 83.0 Å². The molecule has 3 rings (SSSR count). The first-order valence-corrected chi connectivity index (χ1v) is 8.85. The lowest BCUT2D eigenvalue weighted by molar-refractivity contribution is 0.298. The van der Waals surface area contributed by atoms with Crippen LogP contribution in [0.25, 0.3) is 10.9 Å². The first-order chi connectivity index (χ1) is 11.4. The van der Waals surface area contributed by atoms with E-state index in [9.17, 15) is 0 Å². The van der Waals surface area contributed by atoms with E-state index < -0.39 is 0 Å². The lowest BCUT2D eigenvalue weighted by atomic mass is 10.1. The number of para-hydroxylation sites is 1. The second-order valence-corrected chi connectivity index (χ2v) is 6.22. The van der Waals surface area contributed by atoms with Crippen molar-refractivity contribution in [1.82, 2.24) is 9.88 Å². The molecule has 0 atom stereocenters. The first-order valence-electron chi connectivity index (χ1n) is 7.93. The SMILES string of the molecule is BrC=CCN(CCc1c[nH]c2ccccc12)Cc1ccccc1. The summed E-state index contributed by atoms with van der Waals surface area (Å²) >= 11 is 3.37. The molecule has 1 aromatic heterocycles. The third kappa shape index (κ3) is 4.34. The molecule has 0 saturated heterocycles. The van der Waals surface area contributed by atoms with E-state index in [0.717, 1.165) is 26.1 Å². The van der Waals surface area contributed by atoms with Gasteiger partial charge in [-0.1, -0.05) is 70.5 Å². The fraction of sp³-hybridized carbons (Fsp3) is 0.200. The highest BCUT2D eigenvalue weighted by Gasteiger charge is 2.08. The Morgan fingerprint density at radius 3 is 2.61 bits per heavy atom. The number of benzene rings is 2. The summed E-state index contributed by atoms with van der Waals surface area (Å²) < 4.78 is 0. The predicted octanol–water partition coefficient (Wildman–Crippen LogP) is 5.12. The summed E-state index contributed by atoms with van der Waals surface area (Å²) in [4.78, 5) is 7.77. The average molecular weight is 369 g/mol. The van der Waals surface area contributed by atoms with E-state index in [2.05, 4.69) is 92.7 Å². The fourth-order valence-corrected chi connectivity index (χ4v) is 3.05. The number of nitrogens with zero attached hydrogens (tertiary/aromatic N) is 1. The maximum Gasteiger partial charge on any atom is 0.0456 e. The van der Waals surface area contributed by atoms with Crippen LogP contribution in [0.15, 0.2) is 71.9 Å². The van der Waals surface area contributed by atoms with Crippen LogP contribution in [0, 0.1) is 0 Å². The highest BCUT2D eigenvalue weighted by atomic mass is 79.9. The number of halogens is 1. The molecule has 0 aliphatic heterocycles. The van der Waals surface area contributed by atoms with Gasteiger partial charge in [0.15, 0.2) is 0 Å². The van der Waals surface area contributed by atoms with E-state index in [1.807, 2.05) is 4.99 Å². The van der Waals surface area contributed by atoms with Crippen LogP contribution in [-0.4, -0.2) is 23.0 Å².